The van der Waals surface area contributed by atoms with Gasteiger partial charge >= 0.3 is 12.2 Å². The summed E-state index contributed by atoms with van der Waals surface area (Å²) < 4.78 is 61.1. The lowest BCUT2D eigenvalue weighted by molar-refractivity contribution is 0.0989. The molecule has 0 aliphatic heterocycles. The summed E-state index contributed by atoms with van der Waals surface area (Å²) >= 11 is 0. The number of benzene rings is 2. The van der Waals surface area contributed by atoms with E-state index in [1.165, 1.54) is 13.0 Å². The Hall–Kier alpha value is -3.73. The van der Waals surface area contributed by atoms with Gasteiger partial charge in [0, 0.05) is 61.8 Å². The molecule has 0 atom stereocenters. The van der Waals surface area contributed by atoms with Gasteiger partial charge in [0.2, 0.25) is 0 Å². The standard InChI is InChI=1S/C26H34N4O10S2/c1-17(31)21-16-20-22(29-25(32)38-12-8-27-10-14-41(2,34)35)18-6-4-5-7-19(18)23(24(20)40-21)30-26(33)39-13-9-28-11-15-42(3,36)37/h4-7,16,27-28H,8-15H2,1-3H3,(H,29,32)(H,30,33). The minimum Gasteiger partial charge on any atom is -0.451 e. The minimum atomic E-state index is -3.11. The number of ether oxygens (including phenoxy) is 2. The quantitative estimate of drug-likeness (QED) is 0.109. The Morgan fingerprint density at radius 1 is 0.738 bits per heavy atom. The zero-order chi connectivity index (χ0) is 30.9. The molecule has 0 spiro atoms. The first-order valence-electron chi connectivity index (χ1n) is 12.9. The van der Waals surface area contributed by atoms with Gasteiger partial charge in [-0.25, -0.2) is 26.4 Å². The highest BCUT2D eigenvalue weighted by Crippen LogP contribution is 2.41. The number of Topliss-reactive ketones (excluding diaryl/α,β-unsaturated/α-hetero) is 1. The van der Waals surface area contributed by atoms with Crippen molar-refractivity contribution in [2.24, 2.45) is 0 Å². The predicted molar refractivity (Wildman–Crippen MR) is 159 cm³/mol. The van der Waals surface area contributed by atoms with Crippen LogP contribution < -0.4 is 21.3 Å². The van der Waals surface area contributed by atoms with Crippen LogP contribution in [0.1, 0.15) is 17.5 Å². The number of sulfone groups is 2. The molecule has 3 aromatic rings. The maximum absolute atomic E-state index is 12.7. The van der Waals surface area contributed by atoms with Crippen LogP contribution in [-0.4, -0.2) is 98.2 Å². The third kappa shape index (κ3) is 9.97. The fourth-order valence-electron chi connectivity index (χ4n) is 3.85. The number of hydrogen-bond donors (Lipinski definition) is 4. The van der Waals surface area contributed by atoms with E-state index in [4.69, 9.17) is 13.9 Å². The smallest absolute Gasteiger partial charge is 0.411 e. The van der Waals surface area contributed by atoms with Crippen molar-refractivity contribution >= 4 is 70.8 Å². The van der Waals surface area contributed by atoms with Gasteiger partial charge in [-0.3, -0.25) is 15.4 Å². The lowest BCUT2D eigenvalue weighted by atomic mass is 10.0. The van der Waals surface area contributed by atoms with Crippen LogP contribution in [0.3, 0.4) is 0 Å². The molecule has 0 saturated heterocycles. The number of furan rings is 1. The maximum Gasteiger partial charge on any atom is 0.411 e. The summed E-state index contributed by atoms with van der Waals surface area (Å²) in [6, 6.07) is 8.30. The summed E-state index contributed by atoms with van der Waals surface area (Å²) in [6.07, 6.45) is 0.659. The zero-order valence-electron chi connectivity index (χ0n) is 23.4. The average Bonchev–Trinajstić information content (AvgIpc) is 3.35. The third-order valence-electron chi connectivity index (χ3n) is 5.82. The van der Waals surface area contributed by atoms with Crippen molar-refractivity contribution in [2.75, 3.05) is 74.0 Å². The number of ketones is 1. The first kappa shape index (κ1) is 32.8. The number of fused-ring (bicyclic) bond motifs is 2. The molecule has 0 bridgehead atoms. The largest absolute Gasteiger partial charge is 0.451 e. The fraction of sp³-hybridized carbons (Fsp3) is 0.423. The molecule has 1 heterocycles. The van der Waals surface area contributed by atoms with Crippen LogP contribution in [0.2, 0.25) is 0 Å². The van der Waals surface area contributed by atoms with E-state index in [1.54, 1.807) is 24.3 Å². The SMILES string of the molecule is CC(=O)c1cc2c(NC(=O)OCCNCCS(C)(=O)=O)c3ccccc3c(NC(=O)OCCNCCS(C)(=O)=O)c2o1. The Kier molecular flexibility index (Phi) is 11.3. The molecule has 42 heavy (non-hydrogen) atoms. The van der Waals surface area contributed by atoms with Gasteiger partial charge in [-0.1, -0.05) is 24.3 Å². The van der Waals surface area contributed by atoms with Gasteiger partial charge in [-0.05, 0) is 6.07 Å². The van der Waals surface area contributed by atoms with E-state index in [-0.39, 0.29) is 73.7 Å². The van der Waals surface area contributed by atoms with Crippen molar-refractivity contribution in [3.8, 4) is 0 Å². The van der Waals surface area contributed by atoms with Crippen molar-refractivity contribution in [1.29, 1.82) is 0 Å². The molecular weight excluding hydrogens is 592 g/mol. The molecule has 1 aromatic heterocycles. The number of hydrogen-bond acceptors (Lipinski definition) is 12. The van der Waals surface area contributed by atoms with Crippen molar-refractivity contribution in [2.45, 2.75) is 6.92 Å². The molecule has 14 nitrogen and oxygen atoms in total. The lowest BCUT2D eigenvalue weighted by Crippen LogP contribution is -2.27. The molecule has 0 unspecified atom stereocenters. The Labute approximate surface area is 243 Å². The molecule has 2 amide bonds. The van der Waals surface area contributed by atoms with Gasteiger partial charge in [0.15, 0.2) is 17.1 Å². The van der Waals surface area contributed by atoms with Crippen LogP contribution in [0.5, 0.6) is 0 Å². The van der Waals surface area contributed by atoms with Crippen LogP contribution in [0, 0.1) is 0 Å². The van der Waals surface area contributed by atoms with E-state index in [0.29, 0.717) is 21.8 Å². The second kappa shape index (κ2) is 14.4. The first-order valence-corrected chi connectivity index (χ1v) is 17.0. The number of nitrogens with one attached hydrogen (secondary N) is 4. The van der Waals surface area contributed by atoms with Gasteiger partial charge < -0.3 is 24.5 Å². The number of amides is 2. The van der Waals surface area contributed by atoms with Crippen LogP contribution in [0.15, 0.2) is 34.7 Å². The highest BCUT2D eigenvalue weighted by molar-refractivity contribution is 7.90. The van der Waals surface area contributed by atoms with Crippen LogP contribution in [0.4, 0.5) is 21.0 Å². The van der Waals surface area contributed by atoms with Crippen molar-refractivity contribution in [3.05, 3.63) is 36.1 Å². The van der Waals surface area contributed by atoms with Crippen molar-refractivity contribution < 1.29 is 45.1 Å². The summed E-state index contributed by atoms with van der Waals surface area (Å²) in [5.74, 6) is -0.467. The molecule has 4 N–H and O–H groups in total. The zero-order valence-corrected chi connectivity index (χ0v) is 25.1. The summed E-state index contributed by atoms with van der Waals surface area (Å²) in [4.78, 5) is 37.5. The molecule has 0 radical (unpaired) electrons. The van der Waals surface area contributed by atoms with Crippen LogP contribution in [-0.2, 0) is 29.1 Å². The molecule has 0 saturated carbocycles. The number of rotatable bonds is 15. The second-order valence-electron chi connectivity index (χ2n) is 9.49. The van der Waals surface area contributed by atoms with Gasteiger partial charge in [-0.15, -0.1) is 0 Å². The number of carbonyl (C=O) groups excluding carboxylic acids is 3. The van der Waals surface area contributed by atoms with Gasteiger partial charge in [0.1, 0.15) is 32.9 Å². The molecule has 0 fully saturated rings. The van der Waals surface area contributed by atoms with Gasteiger partial charge in [0.05, 0.1) is 22.9 Å². The van der Waals surface area contributed by atoms with E-state index in [1.807, 2.05) is 0 Å². The summed E-state index contributed by atoms with van der Waals surface area (Å²) in [5, 5.41) is 12.4. The monoisotopic (exact) mass is 626 g/mol. The first-order chi connectivity index (χ1) is 19.7. The van der Waals surface area contributed by atoms with Gasteiger partial charge in [-0.2, -0.15) is 0 Å². The molecule has 0 aliphatic rings. The normalized spacial score (nSPS) is 11.9. The fourth-order valence-corrected chi connectivity index (χ4v) is 4.88. The number of carbonyl (C=O) groups is 3. The Morgan fingerprint density at radius 2 is 1.21 bits per heavy atom. The molecule has 16 heteroatoms. The second-order valence-corrected chi connectivity index (χ2v) is 14.0. The Morgan fingerprint density at radius 3 is 1.69 bits per heavy atom. The van der Waals surface area contributed by atoms with E-state index in [2.05, 4.69) is 21.3 Å². The Balaban J connectivity index is 1.77. The average molecular weight is 627 g/mol. The highest BCUT2D eigenvalue weighted by atomic mass is 32.2. The lowest BCUT2D eigenvalue weighted by Gasteiger charge is -2.15. The maximum atomic E-state index is 12.7. The summed E-state index contributed by atoms with van der Waals surface area (Å²) in [5.41, 5.74) is 0.637. The summed E-state index contributed by atoms with van der Waals surface area (Å²) in [7, 11) is -6.22. The molecule has 230 valence electrons. The highest BCUT2D eigenvalue weighted by Gasteiger charge is 2.23. The number of anilines is 2. The van der Waals surface area contributed by atoms with Crippen LogP contribution >= 0.6 is 0 Å². The third-order valence-corrected chi connectivity index (χ3v) is 7.71. The molecule has 3 rings (SSSR count). The predicted octanol–water partition coefficient (Wildman–Crippen LogP) is 2.15. The van der Waals surface area contributed by atoms with E-state index in [0.717, 1.165) is 12.5 Å². The van der Waals surface area contributed by atoms with Crippen molar-refractivity contribution in [1.82, 2.24) is 10.6 Å². The Bertz CT molecular complexity index is 1550. The summed E-state index contributed by atoms with van der Waals surface area (Å²) in [6.45, 7) is 2.13. The van der Waals surface area contributed by atoms with E-state index >= 15 is 0 Å². The molecule has 0 aliphatic carbocycles. The molecular formula is C26H34N4O10S2. The van der Waals surface area contributed by atoms with Crippen LogP contribution in [0.25, 0.3) is 21.7 Å². The topological polar surface area (TPSA) is 199 Å². The van der Waals surface area contributed by atoms with Crippen molar-refractivity contribution in [3.63, 3.8) is 0 Å². The van der Waals surface area contributed by atoms with Gasteiger partial charge in [0.25, 0.3) is 0 Å². The van der Waals surface area contributed by atoms with E-state index < -0.39 is 31.9 Å². The minimum absolute atomic E-state index is 0.00158. The van der Waals surface area contributed by atoms with E-state index in [9.17, 15) is 31.2 Å². The molecule has 2 aromatic carbocycles.